The van der Waals surface area contributed by atoms with E-state index < -0.39 is 0 Å². The Kier molecular flexibility index (Phi) is 1.68. The molecule has 1 unspecified atom stereocenters. The maximum atomic E-state index is 5.76. The summed E-state index contributed by atoms with van der Waals surface area (Å²) in [5, 5.41) is 5.20. The molecule has 15 heavy (non-hydrogen) atoms. The third-order valence-corrected chi connectivity index (χ3v) is 3.11. The molecule has 0 aliphatic heterocycles. The lowest BCUT2D eigenvalue weighted by Gasteiger charge is -2.10. The maximum Gasteiger partial charge on any atom is 0.163 e. The highest BCUT2D eigenvalue weighted by molar-refractivity contribution is 5.84. The molecular weight excluding hydrogens is 190 g/mol. The standard InChI is InChI=1S/C10H13N5/c1-6(7-2-3-7)15-10-8(4-14-15)9(11)12-5-13-10/h4-7H,2-3H2,1H3,(H2,11,12,13). The first kappa shape index (κ1) is 8.64. The van der Waals surface area contributed by atoms with Crippen LogP contribution in [0.3, 0.4) is 0 Å². The van der Waals surface area contributed by atoms with Crippen LogP contribution in [-0.2, 0) is 0 Å². The zero-order valence-electron chi connectivity index (χ0n) is 8.59. The van der Waals surface area contributed by atoms with Crippen LogP contribution in [0.25, 0.3) is 11.0 Å². The van der Waals surface area contributed by atoms with Gasteiger partial charge in [-0.25, -0.2) is 14.6 Å². The summed E-state index contributed by atoms with van der Waals surface area (Å²) in [5.41, 5.74) is 6.61. The molecule has 0 saturated heterocycles. The smallest absolute Gasteiger partial charge is 0.163 e. The predicted octanol–water partition coefficient (Wildman–Crippen LogP) is 1.38. The molecule has 1 saturated carbocycles. The van der Waals surface area contributed by atoms with Crippen molar-refractivity contribution in [3.63, 3.8) is 0 Å². The summed E-state index contributed by atoms with van der Waals surface area (Å²) in [6.07, 6.45) is 5.84. The number of rotatable bonds is 2. The molecule has 78 valence electrons. The van der Waals surface area contributed by atoms with Crippen LogP contribution in [0.5, 0.6) is 0 Å². The number of nitrogens with two attached hydrogens (primary N) is 1. The first-order valence-corrected chi connectivity index (χ1v) is 5.21. The molecule has 1 atom stereocenters. The Morgan fingerprint density at radius 2 is 2.27 bits per heavy atom. The Morgan fingerprint density at radius 3 is 3.00 bits per heavy atom. The zero-order chi connectivity index (χ0) is 10.4. The normalized spacial score (nSPS) is 18.2. The Bertz CT molecular complexity index is 499. The van der Waals surface area contributed by atoms with Crippen LogP contribution >= 0.6 is 0 Å². The molecule has 1 aliphatic rings. The van der Waals surface area contributed by atoms with E-state index in [9.17, 15) is 0 Å². The molecule has 0 bridgehead atoms. The van der Waals surface area contributed by atoms with Crippen LogP contribution in [-0.4, -0.2) is 19.7 Å². The summed E-state index contributed by atoms with van der Waals surface area (Å²) in [4.78, 5) is 8.20. The number of fused-ring (bicyclic) bond motifs is 1. The zero-order valence-corrected chi connectivity index (χ0v) is 8.59. The third-order valence-electron chi connectivity index (χ3n) is 3.11. The van der Waals surface area contributed by atoms with Crippen molar-refractivity contribution in [1.82, 2.24) is 19.7 Å². The van der Waals surface area contributed by atoms with Gasteiger partial charge >= 0.3 is 0 Å². The number of nitrogens with zero attached hydrogens (tertiary/aromatic N) is 4. The van der Waals surface area contributed by atoms with Gasteiger partial charge < -0.3 is 5.73 Å². The second-order valence-electron chi connectivity index (χ2n) is 4.16. The average molecular weight is 203 g/mol. The molecule has 2 aromatic rings. The second kappa shape index (κ2) is 2.92. The van der Waals surface area contributed by atoms with Gasteiger partial charge in [-0.3, -0.25) is 0 Å². The van der Waals surface area contributed by atoms with Crippen molar-refractivity contribution in [1.29, 1.82) is 0 Å². The SMILES string of the molecule is CC(C1CC1)n1ncc2c(N)ncnc21. The highest BCUT2D eigenvalue weighted by Crippen LogP contribution is 2.40. The molecule has 5 nitrogen and oxygen atoms in total. The van der Waals surface area contributed by atoms with Crippen molar-refractivity contribution in [3.05, 3.63) is 12.5 Å². The van der Waals surface area contributed by atoms with Crippen LogP contribution in [0.15, 0.2) is 12.5 Å². The molecule has 5 heteroatoms. The van der Waals surface area contributed by atoms with Gasteiger partial charge in [-0.1, -0.05) is 0 Å². The van der Waals surface area contributed by atoms with Gasteiger partial charge in [-0.05, 0) is 25.7 Å². The lowest BCUT2D eigenvalue weighted by molar-refractivity contribution is 0.450. The van der Waals surface area contributed by atoms with E-state index >= 15 is 0 Å². The van der Waals surface area contributed by atoms with E-state index in [0.717, 1.165) is 17.0 Å². The van der Waals surface area contributed by atoms with Crippen LogP contribution in [0.1, 0.15) is 25.8 Å². The van der Waals surface area contributed by atoms with Crippen LogP contribution in [0, 0.1) is 5.92 Å². The van der Waals surface area contributed by atoms with Crippen molar-refractivity contribution < 1.29 is 0 Å². The summed E-state index contributed by atoms with van der Waals surface area (Å²) < 4.78 is 1.96. The molecule has 0 radical (unpaired) electrons. The van der Waals surface area contributed by atoms with Crippen molar-refractivity contribution >= 4 is 16.9 Å². The van der Waals surface area contributed by atoms with E-state index in [1.807, 2.05) is 4.68 Å². The van der Waals surface area contributed by atoms with Gasteiger partial charge in [-0.2, -0.15) is 5.10 Å². The minimum Gasteiger partial charge on any atom is -0.383 e. The molecule has 0 amide bonds. The molecule has 0 aromatic carbocycles. The highest BCUT2D eigenvalue weighted by Gasteiger charge is 2.30. The molecule has 1 aliphatic carbocycles. The first-order valence-electron chi connectivity index (χ1n) is 5.21. The van der Waals surface area contributed by atoms with Crippen LogP contribution < -0.4 is 5.73 Å². The van der Waals surface area contributed by atoms with Crippen LogP contribution in [0.4, 0.5) is 5.82 Å². The lowest BCUT2D eigenvalue weighted by atomic mass is 10.2. The minimum absolute atomic E-state index is 0.414. The van der Waals surface area contributed by atoms with Crippen molar-refractivity contribution in [3.8, 4) is 0 Å². The van der Waals surface area contributed by atoms with Crippen molar-refractivity contribution in [2.24, 2.45) is 5.92 Å². The summed E-state index contributed by atoms with van der Waals surface area (Å²) >= 11 is 0. The number of hydrogen-bond acceptors (Lipinski definition) is 4. The largest absolute Gasteiger partial charge is 0.383 e. The predicted molar refractivity (Wildman–Crippen MR) is 57.2 cm³/mol. The van der Waals surface area contributed by atoms with E-state index in [1.165, 1.54) is 19.2 Å². The van der Waals surface area contributed by atoms with Gasteiger partial charge in [0.2, 0.25) is 0 Å². The Balaban J connectivity index is 2.15. The first-order chi connectivity index (χ1) is 7.27. The number of nitrogen functional groups attached to an aromatic ring is 1. The van der Waals surface area contributed by atoms with Crippen LogP contribution in [0.2, 0.25) is 0 Å². The molecule has 0 spiro atoms. The van der Waals surface area contributed by atoms with E-state index in [0.29, 0.717) is 11.9 Å². The maximum absolute atomic E-state index is 5.76. The number of hydrogen-bond donors (Lipinski definition) is 1. The van der Waals surface area contributed by atoms with Crippen molar-refractivity contribution in [2.75, 3.05) is 5.73 Å². The summed E-state index contributed by atoms with van der Waals surface area (Å²) in [7, 11) is 0. The highest BCUT2D eigenvalue weighted by atomic mass is 15.3. The molecule has 1 fully saturated rings. The molecule has 3 rings (SSSR count). The molecular formula is C10H13N5. The Hall–Kier alpha value is -1.65. The summed E-state index contributed by atoms with van der Waals surface area (Å²) in [5.74, 6) is 1.26. The lowest BCUT2D eigenvalue weighted by Crippen LogP contribution is -2.09. The van der Waals surface area contributed by atoms with E-state index in [4.69, 9.17) is 5.73 Å². The minimum atomic E-state index is 0.414. The average Bonchev–Trinajstić information content (AvgIpc) is 2.98. The van der Waals surface area contributed by atoms with E-state index in [-0.39, 0.29) is 0 Å². The Labute approximate surface area is 87.3 Å². The van der Waals surface area contributed by atoms with Crippen molar-refractivity contribution in [2.45, 2.75) is 25.8 Å². The molecule has 2 aromatic heterocycles. The molecule has 2 heterocycles. The Morgan fingerprint density at radius 1 is 1.47 bits per heavy atom. The van der Waals surface area contributed by atoms with Gasteiger partial charge in [0.25, 0.3) is 0 Å². The second-order valence-corrected chi connectivity index (χ2v) is 4.16. The summed E-state index contributed by atoms with van der Waals surface area (Å²) in [6, 6.07) is 0.414. The van der Waals surface area contributed by atoms with Gasteiger partial charge in [0.1, 0.15) is 12.1 Å². The fraction of sp³-hybridized carbons (Fsp3) is 0.500. The molecule has 2 N–H and O–H groups in total. The topological polar surface area (TPSA) is 69.6 Å². The van der Waals surface area contributed by atoms with Gasteiger partial charge in [0, 0.05) is 0 Å². The fourth-order valence-electron chi connectivity index (χ4n) is 1.96. The van der Waals surface area contributed by atoms with Gasteiger partial charge in [0.15, 0.2) is 5.65 Å². The van der Waals surface area contributed by atoms with E-state index in [1.54, 1.807) is 6.20 Å². The number of aromatic nitrogens is 4. The fourth-order valence-corrected chi connectivity index (χ4v) is 1.96. The van der Waals surface area contributed by atoms with Gasteiger partial charge in [0.05, 0.1) is 17.6 Å². The summed E-state index contributed by atoms with van der Waals surface area (Å²) in [6.45, 7) is 2.18. The van der Waals surface area contributed by atoms with E-state index in [2.05, 4.69) is 22.0 Å². The monoisotopic (exact) mass is 203 g/mol. The quantitative estimate of drug-likeness (QED) is 0.800. The number of anilines is 1. The van der Waals surface area contributed by atoms with Gasteiger partial charge in [-0.15, -0.1) is 0 Å². The third kappa shape index (κ3) is 1.26.